The van der Waals surface area contributed by atoms with Gasteiger partial charge in [-0.3, -0.25) is 20.7 Å². The largest absolute Gasteiger partial charge is 0.351 e. The molecule has 0 unspecified atom stereocenters. The molecule has 0 spiro atoms. The normalized spacial score (nSPS) is 10.2. The van der Waals surface area contributed by atoms with E-state index in [9.17, 15) is 4.79 Å². The lowest BCUT2D eigenvalue weighted by molar-refractivity contribution is 0.0954. The van der Waals surface area contributed by atoms with E-state index in [0.717, 1.165) is 11.5 Å². The molecule has 8 heteroatoms. The number of H-pyrrole nitrogens is 1. The number of rotatable bonds is 5. The van der Waals surface area contributed by atoms with Crippen molar-refractivity contribution in [3.63, 3.8) is 0 Å². The summed E-state index contributed by atoms with van der Waals surface area (Å²) < 4.78 is 0. The Labute approximate surface area is 109 Å². The van der Waals surface area contributed by atoms with Gasteiger partial charge in [-0.1, -0.05) is 0 Å². The summed E-state index contributed by atoms with van der Waals surface area (Å²) in [5.41, 5.74) is 4.23. The van der Waals surface area contributed by atoms with Crippen LogP contribution in [-0.4, -0.2) is 32.6 Å². The fourth-order valence-corrected chi connectivity index (χ4v) is 1.60. The molecule has 100 valence electrons. The Morgan fingerprint density at radius 2 is 2.32 bits per heavy atom. The van der Waals surface area contributed by atoms with Crippen molar-refractivity contribution in [3.8, 4) is 0 Å². The van der Waals surface area contributed by atoms with Crippen LogP contribution >= 0.6 is 0 Å². The number of hydrazine groups is 1. The smallest absolute Gasteiger partial charge is 0.255 e. The molecule has 2 aromatic rings. The quantitative estimate of drug-likeness (QED) is 0.435. The van der Waals surface area contributed by atoms with E-state index in [4.69, 9.17) is 5.84 Å². The summed E-state index contributed by atoms with van der Waals surface area (Å²) in [6.07, 6.45) is 3.50. The average molecular weight is 261 g/mol. The zero-order valence-electron chi connectivity index (χ0n) is 10.5. The minimum Gasteiger partial charge on any atom is -0.351 e. The third kappa shape index (κ3) is 3.26. The number of hydrogen-bond donors (Lipinski definition) is 4. The maximum absolute atomic E-state index is 12.0. The van der Waals surface area contributed by atoms with Gasteiger partial charge in [0.25, 0.3) is 5.91 Å². The third-order valence-corrected chi connectivity index (χ3v) is 2.55. The zero-order chi connectivity index (χ0) is 13.7. The molecule has 0 fully saturated rings. The molecule has 1 amide bonds. The van der Waals surface area contributed by atoms with Crippen molar-refractivity contribution in [2.24, 2.45) is 5.84 Å². The van der Waals surface area contributed by atoms with E-state index >= 15 is 0 Å². The molecule has 2 heterocycles. The lowest BCUT2D eigenvalue weighted by Crippen LogP contribution is -2.27. The van der Waals surface area contributed by atoms with E-state index in [2.05, 4.69) is 30.9 Å². The molecule has 0 aromatic carbocycles. The molecule has 0 radical (unpaired) electrons. The number of aromatic nitrogens is 4. The van der Waals surface area contributed by atoms with Gasteiger partial charge in [-0.2, -0.15) is 5.10 Å². The van der Waals surface area contributed by atoms with Crippen molar-refractivity contribution in [1.29, 1.82) is 0 Å². The molecule has 19 heavy (non-hydrogen) atoms. The van der Waals surface area contributed by atoms with E-state index in [0.29, 0.717) is 24.2 Å². The standard InChI is InChI=1S/C11H15N7O/c1-7-4-9(17-12)8(5-14-7)11(19)13-3-2-10-15-6-16-18-10/h4-6H,2-3,12H2,1H3,(H,13,19)(H,14,17)(H,15,16,18). The second-order valence-electron chi connectivity index (χ2n) is 3.95. The summed E-state index contributed by atoms with van der Waals surface area (Å²) >= 11 is 0. The van der Waals surface area contributed by atoms with E-state index < -0.39 is 0 Å². The predicted molar refractivity (Wildman–Crippen MR) is 69.2 cm³/mol. The highest BCUT2D eigenvalue weighted by atomic mass is 16.1. The summed E-state index contributed by atoms with van der Waals surface area (Å²) in [6.45, 7) is 2.28. The van der Waals surface area contributed by atoms with Gasteiger partial charge in [0.2, 0.25) is 0 Å². The second kappa shape index (κ2) is 5.91. The van der Waals surface area contributed by atoms with Gasteiger partial charge in [0.05, 0.1) is 11.3 Å². The molecule has 2 rings (SSSR count). The van der Waals surface area contributed by atoms with Crippen molar-refractivity contribution in [2.45, 2.75) is 13.3 Å². The Kier molecular flexibility index (Phi) is 4.04. The molecule has 0 bridgehead atoms. The Hall–Kier alpha value is -2.48. The van der Waals surface area contributed by atoms with Gasteiger partial charge in [0, 0.05) is 24.9 Å². The minimum atomic E-state index is -0.236. The molecule has 0 saturated heterocycles. The molecule has 0 aliphatic carbocycles. The van der Waals surface area contributed by atoms with Crippen LogP contribution in [0, 0.1) is 6.92 Å². The first-order chi connectivity index (χ1) is 9.20. The number of nitrogens with zero attached hydrogens (tertiary/aromatic N) is 3. The van der Waals surface area contributed by atoms with Crippen molar-refractivity contribution in [3.05, 3.63) is 35.7 Å². The highest BCUT2D eigenvalue weighted by molar-refractivity contribution is 5.99. The zero-order valence-corrected chi connectivity index (χ0v) is 10.5. The molecule has 2 aromatic heterocycles. The van der Waals surface area contributed by atoms with Gasteiger partial charge >= 0.3 is 0 Å². The fourth-order valence-electron chi connectivity index (χ4n) is 1.60. The van der Waals surface area contributed by atoms with Gasteiger partial charge in [0.15, 0.2) is 0 Å². The molecule has 0 atom stereocenters. The molecule has 0 saturated carbocycles. The van der Waals surface area contributed by atoms with Crippen LogP contribution in [0.5, 0.6) is 0 Å². The van der Waals surface area contributed by atoms with Crippen molar-refractivity contribution in [1.82, 2.24) is 25.5 Å². The monoisotopic (exact) mass is 261 g/mol. The Bertz CT molecular complexity index is 552. The molecule has 8 nitrogen and oxygen atoms in total. The Morgan fingerprint density at radius 3 is 3.00 bits per heavy atom. The lowest BCUT2D eigenvalue weighted by Gasteiger charge is -2.09. The van der Waals surface area contributed by atoms with Crippen molar-refractivity contribution in [2.75, 3.05) is 12.0 Å². The van der Waals surface area contributed by atoms with Gasteiger partial charge in [0.1, 0.15) is 12.2 Å². The summed E-state index contributed by atoms with van der Waals surface area (Å²) in [5, 5.41) is 9.22. The van der Waals surface area contributed by atoms with Crippen LogP contribution in [-0.2, 0) is 6.42 Å². The number of amides is 1. The van der Waals surface area contributed by atoms with E-state index in [1.165, 1.54) is 12.5 Å². The van der Waals surface area contributed by atoms with Crippen LogP contribution in [0.2, 0.25) is 0 Å². The molecular formula is C11H15N7O. The van der Waals surface area contributed by atoms with E-state index in [1.807, 2.05) is 6.92 Å². The summed E-state index contributed by atoms with van der Waals surface area (Å²) in [5.74, 6) is 5.87. The van der Waals surface area contributed by atoms with Crippen molar-refractivity contribution >= 4 is 11.6 Å². The summed E-state index contributed by atoms with van der Waals surface area (Å²) in [6, 6.07) is 1.71. The van der Waals surface area contributed by atoms with Gasteiger partial charge in [-0.05, 0) is 13.0 Å². The number of hydrogen-bond acceptors (Lipinski definition) is 6. The molecular weight excluding hydrogens is 246 g/mol. The topological polar surface area (TPSA) is 122 Å². The van der Waals surface area contributed by atoms with Crippen LogP contribution in [0.25, 0.3) is 0 Å². The molecule has 5 N–H and O–H groups in total. The van der Waals surface area contributed by atoms with Crippen molar-refractivity contribution < 1.29 is 4.79 Å². The second-order valence-corrected chi connectivity index (χ2v) is 3.95. The van der Waals surface area contributed by atoms with Crippen LogP contribution in [0.1, 0.15) is 21.9 Å². The number of nitrogens with two attached hydrogens (primary N) is 1. The number of anilines is 1. The number of aryl methyl sites for hydroxylation is 1. The van der Waals surface area contributed by atoms with Gasteiger partial charge in [-0.25, -0.2) is 4.98 Å². The predicted octanol–water partition coefficient (Wildman–Crippen LogP) is -0.234. The van der Waals surface area contributed by atoms with E-state index in [-0.39, 0.29) is 5.91 Å². The molecule has 0 aliphatic rings. The fraction of sp³-hybridized carbons (Fsp3) is 0.273. The average Bonchev–Trinajstić information content (AvgIpc) is 2.91. The number of pyridine rings is 1. The Morgan fingerprint density at radius 1 is 1.47 bits per heavy atom. The van der Waals surface area contributed by atoms with Crippen LogP contribution < -0.4 is 16.6 Å². The number of nitrogen functional groups attached to an aromatic ring is 1. The lowest BCUT2D eigenvalue weighted by atomic mass is 10.2. The first-order valence-electron chi connectivity index (χ1n) is 5.76. The first-order valence-corrected chi connectivity index (χ1v) is 5.76. The maximum atomic E-state index is 12.0. The highest BCUT2D eigenvalue weighted by Gasteiger charge is 2.11. The Balaban J connectivity index is 1.96. The van der Waals surface area contributed by atoms with Crippen LogP contribution in [0.3, 0.4) is 0 Å². The maximum Gasteiger partial charge on any atom is 0.255 e. The first kappa shape index (κ1) is 13.0. The minimum absolute atomic E-state index is 0.236. The van der Waals surface area contributed by atoms with Gasteiger partial charge in [-0.15, -0.1) is 0 Å². The van der Waals surface area contributed by atoms with Crippen LogP contribution in [0.15, 0.2) is 18.6 Å². The molecule has 0 aliphatic heterocycles. The number of carbonyl (C=O) groups excluding carboxylic acids is 1. The highest BCUT2D eigenvalue weighted by Crippen LogP contribution is 2.13. The van der Waals surface area contributed by atoms with Gasteiger partial charge < -0.3 is 10.7 Å². The third-order valence-electron chi connectivity index (χ3n) is 2.55. The van der Waals surface area contributed by atoms with Crippen LogP contribution in [0.4, 0.5) is 5.69 Å². The SMILES string of the molecule is Cc1cc(NN)c(C(=O)NCCc2ncn[nH]2)cn1. The summed E-state index contributed by atoms with van der Waals surface area (Å²) in [7, 11) is 0. The number of nitrogens with one attached hydrogen (secondary N) is 3. The number of carbonyl (C=O) groups is 1. The summed E-state index contributed by atoms with van der Waals surface area (Å²) in [4.78, 5) is 20.0. The number of aromatic amines is 1. The van der Waals surface area contributed by atoms with E-state index in [1.54, 1.807) is 6.07 Å².